The zero-order valence-electron chi connectivity index (χ0n) is 12.3. The lowest BCUT2D eigenvalue weighted by molar-refractivity contribution is -0.150. The Hall–Kier alpha value is -1.06. The molecule has 0 radical (unpaired) electrons. The van der Waals surface area contributed by atoms with Crippen molar-refractivity contribution in [1.82, 2.24) is 9.80 Å². The van der Waals surface area contributed by atoms with Crippen LogP contribution in [0.1, 0.15) is 47.5 Å². The Kier molecular flexibility index (Phi) is 5.17. The monoisotopic (exact) mass is 254 g/mol. The molecule has 0 bridgehead atoms. The number of carbonyl (C=O) groups is 2. The number of carbonyl (C=O) groups excluding carboxylic acids is 2. The van der Waals surface area contributed by atoms with Crippen LogP contribution in [0, 0.1) is 5.92 Å². The summed E-state index contributed by atoms with van der Waals surface area (Å²) in [4.78, 5) is 27.4. The van der Waals surface area contributed by atoms with Crippen LogP contribution < -0.4 is 0 Å². The zero-order valence-corrected chi connectivity index (χ0v) is 12.3. The molecule has 1 aliphatic heterocycles. The number of hydrogen-bond donors (Lipinski definition) is 0. The first kappa shape index (κ1) is 15.0. The summed E-state index contributed by atoms with van der Waals surface area (Å²) >= 11 is 0. The highest BCUT2D eigenvalue weighted by atomic mass is 16.2. The molecular weight excluding hydrogens is 228 g/mol. The molecule has 4 heteroatoms. The first-order valence-electron chi connectivity index (χ1n) is 6.99. The standard InChI is InChI=1S/C14H26N2O2/c1-6-10(3)16(11(4)7-2)14(18)13-8-15(9-13)12(5)17/h10-11,13H,6-9H2,1-5H3/t10-,11-/m0/s1. The van der Waals surface area contributed by atoms with E-state index in [1.54, 1.807) is 11.8 Å². The molecule has 0 aromatic carbocycles. The van der Waals surface area contributed by atoms with Crippen molar-refractivity contribution in [1.29, 1.82) is 0 Å². The minimum absolute atomic E-state index is 0.0110. The maximum Gasteiger partial charge on any atom is 0.229 e. The predicted molar refractivity (Wildman–Crippen MR) is 72.1 cm³/mol. The van der Waals surface area contributed by atoms with Crippen LogP contribution in [0.2, 0.25) is 0 Å². The van der Waals surface area contributed by atoms with Crippen LogP contribution in [0.25, 0.3) is 0 Å². The van der Waals surface area contributed by atoms with Crippen LogP contribution in [-0.4, -0.2) is 46.8 Å². The summed E-state index contributed by atoms with van der Waals surface area (Å²) in [6.45, 7) is 11.2. The van der Waals surface area contributed by atoms with Crippen molar-refractivity contribution in [3.05, 3.63) is 0 Å². The Morgan fingerprint density at radius 3 is 1.94 bits per heavy atom. The molecule has 1 rings (SSSR count). The molecule has 0 aromatic heterocycles. The van der Waals surface area contributed by atoms with Crippen LogP contribution in [0.15, 0.2) is 0 Å². The van der Waals surface area contributed by atoms with Gasteiger partial charge in [-0.05, 0) is 26.7 Å². The normalized spacial score (nSPS) is 19.1. The summed E-state index contributed by atoms with van der Waals surface area (Å²) in [6.07, 6.45) is 1.94. The van der Waals surface area contributed by atoms with E-state index in [1.807, 2.05) is 4.90 Å². The second-order valence-corrected chi connectivity index (χ2v) is 5.38. The van der Waals surface area contributed by atoms with E-state index in [0.717, 1.165) is 12.8 Å². The van der Waals surface area contributed by atoms with E-state index in [1.165, 1.54) is 0 Å². The molecule has 1 heterocycles. The van der Waals surface area contributed by atoms with Gasteiger partial charge in [-0.15, -0.1) is 0 Å². The third-order valence-corrected chi connectivity index (χ3v) is 4.06. The van der Waals surface area contributed by atoms with Crippen LogP contribution in [0.4, 0.5) is 0 Å². The van der Waals surface area contributed by atoms with Crippen molar-refractivity contribution < 1.29 is 9.59 Å². The van der Waals surface area contributed by atoms with Gasteiger partial charge < -0.3 is 9.80 Å². The third kappa shape index (κ3) is 3.03. The molecule has 1 aliphatic rings. The van der Waals surface area contributed by atoms with Gasteiger partial charge in [0.25, 0.3) is 0 Å². The van der Waals surface area contributed by atoms with E-state index in [4.69, 9.17) is 0 Å². The van der Waals surface area contributed by atoms with Gasteiger partial charge in [-0.25, -0.2) is 0 Å². The van der Waals surface area contributed by atoms with Crippen molar-refractivity contribution in [2.75, 3.05) is 13.1 Å². The highest BCUT2D eigenvalue weighted by Gasteiger charge is 2.38. The molecule has 104 valence electrons. The largest absolute Gasteiger partial charge is 0.341 e. The summed E-state index contributed by atoms with van der Waals surface area (Å²) in [5, 5.41) is 0. The van der Waals surface area contributed by atoms with Gasteiger partial charge in [-0.2, -0.15) is 0 Å². The Balaban J connectivity index is 2.64. The first-order chi connectivity index (χ1) is 8.42. The summed E-state index contributed by atoms with van der Waals surface area (Å²) in [7, 11) is 0. The lowest BCUT2D eigenvalue weighted by Gasteiger charge is -2.43. The molecule has 0 aliphatic carbocycles. The first-order valence-corrected chi connectivity index (χ1v) is 6.99. The molecule has 18 heavy (non-hydrogen) atoms. The smallest absolute Gasteiger partial charge is 0.229 e. The van der Waals surface area contributed by atoms with Crippen molar-refractivity contribution in [2.24, 2.45) is 5.92 Å². The maximum atomic E-state index is 12.5. The Morgan fingerprint density at radius 2 is 1.61 bits per heavy atom. The predicted octanol–water partition coefficient (Wildman–Crippen LogP) is 1.89. The summed E-state index contributed by atoms with van der Waals surface area (Å²) in [5.74, 6) is 0.297. The Morgan fingerprint density at radius 1 is 1.17 bits per heavy atom. The molecule has 1 saturated heterocycles. The molecule has 1 fully saturated rings. The van der Waals surface area contributed by atoms with E-state index in [2.05, 4.69) is 27.7 Å². The zero-order chi connectivity index (χ0) is 13.9. The van der Waals surface area contributed by atoms with Gasteiger partial charge in [0.1, 0.15) is 0 Å². The highest BCUT2D eigenvalue weighted by molar-refractivity contribution is 5.84. The van der Waals surface area contributed by atoms with Crippen LogP contribution in [0.3, 0.4) is 0 Å². The summed E-state index contributed by atoms with van der Waals surface area (Å²) < 4.78 is 0. The molecular formula is C14H26N2O2. The van der Waals surface area contributed by atoms with Gasteiger partial charge in [0.05, 0.1) is 5.92 Å². The van der Waals surface area contributed by atoms with Crippen LogP contribution in [-0.2, 0) is 9.59 Å². The van der Waals surface area contributed by atoms with Gasteiger partial charge >= 0.3 is 0 Å². The minimum Gasteiger partial charge on any atom is -0.341 e. The molecule has 0 unspecified atom stereocenters. The van der Waals surface area contributed by atoms with Crippen molar-refractivity contribution in [3.8, 4) is 0 Å². The maximum absolute atomic E-state index is 12.5. The molecule has 4 nitrogen and oxygen atoms in total. The molecule has 0 aromatic rings. The van der Waals surface area contributed by atoms with Gasteiger partial charge in [0.2, 0.25) is 11.8 Å². The second kappa shape index (κ2) is 6.21. The van der Waals surface area contributed by atoms with Crippen molar-refractivity contribution >= 4 is 11.8 Å². The quantitative estimate of drug-likeness (QED) is 0.751. The molecule has 0 N–H and O–H groups in total. The molecule has 2 amide bonds. The average molecular weight is 254 g/mol. The summed E-state index contributed by atoms with van der Waals surface area (Å²) in [6, 6.07) is 0.553. The van der Waals surface area contributed by atoms with Crippen LogP contribution >= 0.6 is 0 Å². The topological polar surface area (TPSA) is 40.6 Å². The number of likely N-dealkylation sites (tertiary alicyclic amines) is 1. The molecule has 0 spiro atoms. The SMILES string of the molecule is CC[C@H](C)N(C(=O)C1CN(C(C)=O)C1)[C@@H](C)CC. The number of amides is 2. The number of hydrogen-bond acceptors (Lipinski definition) is 2. The molecule has 2 atom stereocenters. The van der Waals surface area contributed by atoms with E-state index in [-0.39, 0.29) is 29.8 Å². The van der Waals surface area contributed by atoms with E-state index in [9.17, 15) is 9.59 Å². The fourth-order valence-electron chi connectivity index (χ4n) is 2.36. The van der Waals surface area contributed by atoms with E-state index < -0.39 is 0 Å². The van der Waals surface area contributed by atoms with Gasteiger partial charge in [0, 0.05) is 32.1 Å². The minimum atomic E-state index is 0.0110. The van der Waals surface area contributed by atoms with Gasteiger partial charge in [0.15, 0.2) is 0 Å². The second-order valence-electron chi connectivity index (χ2n) is 5.38. The Labute approximate surface area is 110 Å². The van der Waals surface area contributed by atoms with Crippen molar-refractivity contribution in [3.63, 3.8) is 0 Å². The van der Waals surface area contributed by atoms with Crippen LogP contribution in [0.5, 0.6) is 0 Å². The van der Waals surface area contributed by atoms with Gasteiger partial charge in [-0.1, -0.05) is 13.8 Å². The lowest BCUT2D eigenvalue weighted by Crippen LogP contribution is -2.58. The fourth-order valence-corrected chi connectivity index (χ4v) is 2.36. The van der Waals surface area contributed by atoms with Crippen molar-refractivity contribution in [2.45, 2.75) is 59.5 Å². The number of rotatable bonds is 5. The third-order valence-electron chi connectivity index (χ3n) is 4.06. The highest BCUT2D eigenvalue weighted by Crippen LogP contribution is 2.22. The van der Waals surface area contributed by atoms with E-state index in [0.29, 0.717) is 13.1 Å². The van der Waals surface area contributed by atoms with E-state index >= 15 is 0 Å². The lowest BCUT2D eigenvalue weighted by atomic mass is 9.96. The fraction of sp³-hybridized carbons (Fsp3) is 0.857. The Bertz CT molecular complexity index is 301. The number of nitrogens with zero attached hydrogens (tertiary/aromatic N) is 2. The average Bonchev–Trinajstić information content (AvgIpc) is 2.26. The van der Waals surface area contributed by atoms with Gasteiger partial charge in [-0.3, -0.25) is 9.59 Å². The summed E-state index contributed by atoms with van der Waals surface area (Å²) in [5.41, 5.74) is 0. The molecule has 0 saturated carbocycles.